The molecule has 8 heteroatoms. The lowest BCUT2D eigenvalue weighted by Gasteiger charge is -2.28. The van der Waals surface area contributed by atoms with Crippen LogP contribution in [0.5, 0.6) is 0 Å². The number of carbonyl (C=O) groups excluding carboxylic acids is 1. The van der Waals surface area contributed by atoms with Crippen LogP contribution in [0.3, 0.4) is 0 Å². The molecule has 0 saturated heterocycles. The summed E-state index contributed by atoms with van der Waals surface area (Å²) in [6.45, 7) is 5.26. The molecule has 2 aromatic rings. The molecule has 0 heterocycles. The van der Waals surface area contributed by atoms with Crippen LogP contribution in [-0.2, 0) is 14.8 Å². The summed E-state index contributed by atoms with van der Waals surface area (Å²) in [4.78, 5) is 12.6. The second kappa shape index (κ2) is 7.63. The number of anilines is 2. The van der Waals surface area contributed by atoms with Crippen LogP contribution in [-0.4, -0.2) is 26.6 Å². The Morgan fingerprint density at radius 1 is 1.15 bits per heavy atom. The van der Waals surface area contributed by atoms with Crippen molar-refractivity contribution in [2.24, 2.45) is 0 Å². The number of aryl methyl sites for hydroxylation is 2. The van der Waals surface area contributed by atoms with E-state index in [0.29, 0.717) is 5.69 Å². The van der Waals surface area contributed by atoms with Gasteiger partial charge in [0.25, 0.3) is 0 Å². The van der Waals surface area contributed by atoms with Crippen molar-refractivity contribution in [1.82, 2.24) is 0 Å². The van der Waals surface area contributed by atoms with Gasteiger partial charge in [0, 0.05) is 5.69 Å². The average molecular weight is 399 g/mol. The molecule has 1 N–H and O–H groups in total. The molecule has 0 aliphatic heterocycles. The zero-order valence-corrected chi connectivity index (χ0v) is 16.5. The Labute approximate surface area is 157 Å². The van der Waals surface area contributed by atoms with E-state index in [9.17, 15) is 17.6 Å². The SMILES string of the molecule is Cc1ccc(N(C(C)C(=O)Nc2ccc(F)c(Cl)c2)S(C)(=O)=O)cc1C. The molecule has 1 atom stereocenters. The van der Waals surface area contributed by atoms with Crippen molar-refractivity contribution in [1.29, 1.82) is 0 Å². The second-order valence-corrected chi connectivity index (χ2v) is 8.39. The quantitative estimate of drug-likeness (QED) is 0.830. The van der Waals surface area contributed by atoms with Gasteiger partial charge >= 0.3 is 0 Å². The molecule has 26 heavy (non-hydrogen) atoms. The summed E-state index contributed by atoms with van der Waals surface area (Å²) in [6, 6.07) is 7.90. The highest BCUT2D eigenvalue weighted by Crippen LogP contribution is 2.25. The number of hydrogen-bond donors (Lipinski definition) is 1. The Morgan fingerprint density at radius 3 is 2.35 bits per heavy atom. The molecule has 2 rings (SSSR count). The van der Waals surface area contributed by atoms with Gasteiger partial charge in [-0.15, -0.1) is 0 Å². The van der Waals surface area contributed by atoms with Gasteiger partial charge in [0.05, 0.1) is 17.0 Å². The number of nitrogens with zero attached hydrogens (tertiary/aromatic N) is 1. The fourth-order valence-corrected chi connectivity index (χ4v) is 3.84. The minimum absolute atomic E-state index is 0.135. The van der Waals surface area contributed by atoms with Crippen molar-refractivity contribution in [2.45, 2.75) is 26.8 Å². The predicted molar refractivity (Wildman–Crippen MR) is 103 cm³/mol. The number of hydrogen-bond acceptors (Lipinski definition) is 3. The van der Waals surface area contributed by atoms with E-state index < -0.39 is 27.8 Å². The van der Waals surface area contributed by atoms with E-state index >= 15 is 0 Å². The summed E-state index contributed by atoms with van der Waals surface area (Å²) in [7, 11) is -3.71. The van der Waals surface area contributed by atoms with Crippen LogP contribution in [0.2, 0.25) is 5.02 Å². The van der Waals surface area contributed by atoms with Crippen LogP contribution in [0.1, 0.15) is 18.1 Å². The molecule has 5 nitrogen and oxygen atoms in total. The molecule has 2 aromatic carbocycles. The van der Waals surface area contributed by atoms with Gasteiger partial charge < -0.3 is 5.32 Å². The number of benzene rings is 2. The molecule has 0 aliphatic carbocycles. The van der Waals surface area contributed by atoms with Crippen LogP contribution < -0.4 is 9.62 Å². The van der Waals surface area contributed by atoms with Gasteiger partial charge in [-0.25, -0.2) is 12.8 Å². The number of halogens is 2. The number of carbonyl (C=O) groups is 1. The lowest BCUT2D eigenvalue weighted by Crippen LogP contribution is -2.45. The van der Waals surface area contributed by atoms with Crippen LogP contribution in [0.25, 0.3) is 0 Å². The molecule has 0 aliphatic rings. The molecular formula is C18H20ClFN2O3S. The average Bonchev–Trinajstić information content (AvgIpc) is 2.53. The summed E-state index contributed by atoms with van der Waals surface area (Å²) in [5.74, 6) is -1.16. The number of sulfonamides is 1. The summed E-state index contributed by atoms with van der Waals surface area (Å²) in [5, 5.41) is 2.43. The Hall–Kier alpha value is -2.12. The molecule has 1 unspecified atom stereocenters. The van der Waals surface area contributed by atoms with E-state index in [1.807, 2.05) is 13.8 Å². The van der Waals surface area contributed by atoms with Crippen molar-refractivity contribution >= 4 is 38.9 Å². The van der Waals surface area contributed by atoms with Gasteiger partial charge in [-0.05, 0) is 62.2 Å². The largest absolute Gasteiger partial charge is 0.324 e. The molecule has 0 fully saturated rings. The maximum atomic E-state index is 13.2. The monoisotopic (exact) mass is 398 g/mol. The fraction of sp³-hybridized carbons (Fsp3) is 0.278. The highest BCUT2D eigenvalue weighted by molar-refractivity contribution is 7.92. The van der Waals surface area contributed by atoms with Crippen molar-refractivity contribution in [2.75, 3.05) is 15.9 Å². The third-order valence-electron chi connectivity index (χ3n) is 4.02. The smallest absolute Gasteiger partial charge is 0.247 e. The van der Waals surface area contributed by atoms with Gasteiger partial charge in [-0.1, -0.05) is 17.7 Å². The zero-order chi connectivity index (χ0) is 19.6. The number of rotatable bonds is 5. The van der Waals surface area contributed by atoms with E-state index in [2.05, 4.69) is 5.32 Å². The van der Waals surface area contributed by atoms with Crippen LogP contribution in [0.15, 0.2) is 36.4 Å². The summed E-state index contributed by atoms with van der Waals surface area (Å²) in [6.07, 6.45) is 1.04. The van der Waals surface area contributed by atoms with Crippen molar-refractivity contribution in [3.05, 3.63) is 58.4 Å². The topological polar surface area (TPSA) is 66.5 Å². The number of nitrogens with one attached hydrogen (secondary N) is 1. The van der Waals surface area contributed by atoms with Gasteiger partial charge in [0.15, 0.2) is 0 Å². The highest BCUT2D eigenvalue weighted by atomic mass is 35.5. The lowest BCUT2D eigenvalue weighted by atomic mass is 10.1. The molecule has 0 bridgehead atoms. The molecule has 0 aromatic heterocycles. The Balaban J connectivity index is 2.34. The van der Waals surface area contributed by atoms with Crippen molar-refractivity contribution in [3.8, 4) is 0 Å². The van der Waals surface area contributed by atoms with Crippen molar-refractivity contribution < 1.29 is 17.6 Å². The van der Waals surface area contributed by atoms with Crippen LogP contribution in [0, 0.1) is 19.7 Å². The Bertz CT molecular complexity index is 947. The normalized spacial score (nSPS) is 12.5. The Morgan fingerprint density at radius 2 is 1.81 bits per heavy atom. The van der Waals surface area contributed by atoms with Gasteiger partial charge in [0.1, 0.15) is 11.9 Å². The van der Waals surface area contributed by atoms with E-state index in [1.54, 1.807) is 18.2 Å². The molecular weight excluding hydrogens is 379 g/mol. The highest BCUT2D eigenvalue weighted by Gasteiger charge is 2.29. The van der Waals surface area contributed by atoms with Crippen molar-refractivity contribution in [3.63, 3.8) is 0 Å². The second-order valence-electron chi connectivity index (χ2n) is 6.12. The van der Waals surface area contributed by atoms with E-state index in [0.717, 1.165) is 27.8 Å². The predicted octanol–water partition coefficient (Wildman–Crippen LogP) is 3.89. The maximum Gasteiger partial charge on any atom is 0.247 e. The zero-order valence-electron chi connectivity index (χ0n) is 14.9. The Kier molecular flexibility index (Phi) is 5.93. The summed E-state index contributed by atoms with van der Waals surface area (Å²) < 4.78 is 38.9. The van der Waals surface area contributed by atoms with Gasteiger partial charge in [-0.2, -0.15) is 0 Å². The fourth-order valence-electron chi connectivity index (χ4n) is 2.49. The van der Waals surface area contributed by atoms with Crippen LogP contribution >= 0.6 is 11.6 Å². The molecule has 1 amide bonds. The van der Waals surface area contributed by atoms with Gasteiger partial charge in [-0.3, -0.25) is 9.10 Å². The van der Waals surface area contributed by atoms with Crippen LogP contribution in [0.4, 0.5) is 15.8 Å². The molecule has 0 spiro atoms. The van der Waals surface area contributed by atoms with Gasteiger partial charge in [0.2, 0.25) is 15.9 Å². The third kappa shape index (κ3) is 4.53. The first-order valence-electron chi connectivity index (χ1n) is 7.83. The standard InChI is InChI=1S/C18H20ClFN2O3S/c1-11-5-7-15(9-12(11)2)22(26(4,24)25)13(3)18(23)21-14-6-8-17(20)16(19)10-14/h5-10,13H,1-4H3,(H,21,23). The first-order valence-corrected chi connectivity index (χ1v) is 10.1. The minimum atomic E-state index is -3.71. The molecule has 0 saturated carbocycles. The molecule has 140 valence electrons. The van der Waals surface area contributed by atoms with E-state index in [-0.39, 0.29) is 10.7 Å². The summed E-state index contributed by atoms with van der Waals surface area (Å²) >= 11 is 5.71. The van der Waals surface area contributed by atoms with E-state index in [1.165, 1.54) is 19.1 Å². The number of amides is 1. The minimum Gasteiger partial charge on any atom is -0.324 e. The lowest BCUT2D eigenvalue weighted by molar-refractivity contribution is -0.116. The van der Waals surface area contributed by atoms with E-state index in [4.69, 9.17) is 11.6 Å². The molecule has 0 radical (unpaired) electrons. The maximum absolute atomic E-state index is 13.2. The first kappa shape index (κ1) is 20.2. The third-order valence-corrected chi connectivity index (χ3v) is 5.55. The summed E-state index contributed by atoms with van der Waals surface area (Å²) in [5.41, 5.74) is 2.60. The first-order chi connectivity index (χ1) is 12.0.